The molecule has 0 aliphatic carbocycles. The summed E-state index contributed by atoms with van der Waals surface area (Å²) in [6.07, 6.45) is 0. The highest BCUT2D eigenvalue weighted by atomic mass is 79.9. The SMILES string of the molecule is CCOC(=O)c1cc2cc(Br)cc(OC)c2s1. The molecule has 0 aliphatic rings. The molecule has 1 aromatic heterocycles. The molecule has 2 aromatic rings. The molecule has 0 saturated carbocycles. The van der Waals surface area contributed by atoms with E-state index in [1.165, 1.54) is 11.3 Å². The van der Waals surface area contributed by atoms with Gasteiger partial charge < -0.3 is 9.47 Å². The van der Waals surface area contributed by atoms with Crippen LogP contribution in [0.2, 0.25) is 0 Å². The van der Waals surface area contributed by atoms with Gasteiger partial charge in [0, 0.05) is 4.47 Å². The van der Waals surface area contributed by atoms with Crippen molar-refractivity contribution >= 4 is 43.3 Å². The first-order chi connectivity index (χ1) is 8.15. The first-order valence-electron chi connectivity index (χ1n) is 5.10. The third kappa shape index (κ3) is 2.45. The number of hydrogen-bond donors (Lipinski definition) is 0. The minimum atomic E-state index is -0.285. The quantitative estimate of drug-likeness (QED) is 0.807. The van der Waals surface area contributed by atoms with Gasteiger partial charge in [-0.1, -0.05) is 15.9 Å². The van der Waals surface area contributed by atoms with Crippen LogP contribution in [0, 0.1) is 0 Å². The number of ether oxygens (including phenoxy) is 2. The predicted octanol–water partition coefficient (Wildman–Crippen LogP) is 3.85. The van der Waals surface area contributed by atoms with Crippen LogP contribution in [0.1, 0.15) is 16.6 Å². The van der Waals surface area contributed by atoms with E-state index in [-0.39, 0.29) is 5.97 Å². The van der Waals surface area contributed by atoms with E-state index in [0.717, 1.165) is 20.3 Å². The van der Waals surface area contributed by atoms with Crippen LogP contribution in [0.3, 0.4) is 0 Å². The first-order valence-corrected chi connectivity index (χ1v) is 6.71. The summed E-state index contributed by atoms with van der Waals surface area (Å²) in [5, 5.41) is 0.976. The van der Waals surface area contributed by atoms with Crippen LogP contribution in [-0.2, 0) is 4.74 Å². The molecule has 90 valence electrons. The predicted molar refractivity (Wildman–Crippen MR) is 72.0 cm³/mol. The fourth-order valence-corrected chi connectivity index (χ4v) is 3.02. The third-order valence-electron chi connectivity index (χ3n) is 2.24. The summed E-state index contributed by atoms with van der Waals surface area (Å²) in [7, 11) is 1.62. The largest absolute Gasteiger partial charge is 0.495 e. The molecule has 5 heteroatoms. The van der Waals surface area contributed by atoms with E-state index >= 15 is 0 Å². The summed E-state index contributed by atoms with van der Waals surface area (Å²) in [6.45, 7) is 2.18. The first kappa shape index (κ1) is 12.4. The van der Waals surface area contributed by atoms with Crippen LogP contribution in [-0.4, -0.2) is 19.7 Å². The number of benzene rings is 1. The summed E-state index contributed by atoms with van der Waals surface area (Å²) >= 11 is 4.79. The average Bonchev–Trinajstić information content (AvgIpc) is 2.71. The van der Waals surface area contributed by atoms with Crippen LogP contribution in [0.4, 0.5) is 0 Å². The number of carbonyl (C=O) groups is 1. The standard InChI is InChI=1S/C12H11BrO3S/c1-3-16-12(14)10-5-7-4-8(13)6-9(15-2)11(7)17-10/h4-6H,3H2,1-2H3. The Bertz CT molecular complexity index is 562. The minimum Gasteiger partial charge on any atom is -0.495 e. The van der Waals surface area contributed by atoms with Gasteiger partial charge in [-0.15, -0.1) is 11.3 Å². The van der Waals surface area contributed by atoms with Gasteiger partial charge in [-0.05, 0) is 30.5 Å². The number of esters is 1. The molecule has 0 saturated heterocycles. The van der Waals surface area contributed by atoms with Gasteiger partial charge in [0.15, 0.2) is 0 Å². The topological polar surface area (TPSA) is 35.5 Å². The monoisotopic (exact) mass is 314 g/mol. The maximum Gasteiger partial charge on any atom is 0.348 e. The molecule has 1 heterocycles. The maximum atomic E-state index is 11.6. The molecule has 2 rings (SSSR count). The lowest BCUT2D eigenvalue weighted by Crippen LogP contribution is -2.01. The number of rotatable bonds is 3. The molecule has 0 fully saturated rings. The van der Waals surface area contributed by atoms with Crippen LogP contribution >= 0.6 is 27.3 Å². The van der Waals surface area contributed by atoms with Gasteiger partial charge in [0.2, 0.25) is 0 Å². The Balaban J connectivity index is 2.53. The lowest BCUT2D eigenvalue weighted by molar-refractivity contribution is 0.0532. The van der Waals surface area contributed by atoms with Crippen molar-refractivity contribution in [2.45, 2.75) is 6.92 Å². The van der Waals surface area contributed by atoms with Crippen molar-refractivity contribution in [2.75, 3.05) is 13.7 Å². The van der Waals surface area contributed by atoms with E-state index in [1.54, 1.807) is 14.0 Å². The fraction of sp³-hybridized carbons (Fsp3) is 0.250. The molecule has 0 bridgehead atoms. The van der Waals surface area contributed by atoms with E-state index in [1.807, 2.05) is 18.2 Å². The smallest absolute Gasteiger partial charge is 0.348 e. The van der Waals surface area contributed by atoms with Gasteiger partial charge in [-0.25, -0.2) is 4.79 Å². The second-order valence-corrected chi connectivity index (χ2v) is 5.33. The molecule has 0 spiro atoms. The number of carbonyl (C=O) groups excluding carboxylic acids is 1. The normalized spacial score (nSPS) is 10.5. The third-order valence-corrected chi connectivity index (χ3v) is 3.85. The van der Waals surface area contributed by atoms with E-state index in [2.05, 4.69) is 15.9 Å². The van der Waals surface area contributed by atoms with E-state index < -0.39 is 0 Å². The highest BCUT2D eigenvalue weighted by molar-refractivity contribution is 9.10. The molecule has 0 atom stereocenters. The molecule has 0 aliphatic heterocycles. The van der Waals surface area contributed by atoms with Crippen LogP contribution in [0.5, 0.6) is 5.75 Å². The average molecular weight is 315 g/mol. The van der Waals surface area contributed by atoms with Crippen molar-refractivity contribution in [1.82, 2.24) is 0 Å². The maximum absolute atomic E-state index is 11.6. The van der Waals surface area contributed by atoms with Crippen LogP contribution in [0.25, 0.3) is 10.1 Å². The van der Waals surface area contributed by atoms with Gasteiger partial charge in [-0.2, -0.15) is 0 Å². The van der Waals surface area contributed by atoms with Gasteiger partial charge in [-0.3, -0.25) is 0 Å². The molecular formula is C12H11BrO3S. The van der Waals surface area contributed by atoms with Crippen molar-refractivity contribution in [3.63, 3.8) is 0 Å². The lowest BCUT2D eigenvalue weighted by atomic mass is 10.2. The van der Waals surface area contributed by atoms with Gasteiger partial charge in [0.25, 0.3) is 0 Å². The zero-order valence-corrected chi connectivity index (χ0v) is 11.9. The number of fused-ring (bicyclic) bond motifs is 1. The fourth-order valence-electron chi connectivity index (χ4n) is 1.54. The Hall–Kier alpha value is -1.07. The van der Waals surface area contributed by atoms with Crippen molar-refractivity contribution in [1.29, 1.82) is 0 Å². The van der Waals surface area contributed by atoms with Crippen molar-refractivity contribution in [3.8, 4) is 5.75 Å². The Kier molecular flexibility index (Phi) is 3.69. The summed E-state index contributed by atoms with van der Waals surface area (Å²) in [6, 6.07) is 5.66. The Morgan fingerprint density at radius 1 is 1.41 bits per heavy atom. The van der Waals surface area contributed by atoms with Crippen molar-refractivity contribution in [3.05, 3.63) is 27.5 Å². The Labute approximate surface area is 111 Å². The second kappa shape index (κ2) is 5.06. The molecular weight excluding hydrogens is 304 g/mol. The zero-order chi connectivity index (χ0) is 12.4. The number of hydrogen-bond acceptors (Lipinski definition) is 4. The Morgan fingerprint density at radius 2 is 2.18 bits per heavy atom. The second-order valence-electron chi connectivity index (χ2n) is 3.36. The van der Waals surface area contributed by atoms with Gasteiger partial charge in [0.1, 0.15) is 10.6 Å². The van der Waals surface area contributed by atoms with Crippen LogP contribution < -0.4 is 4.74 Å². The summed E-state index contributed by atoms with van der Waals surface area (Å²) in [5.41, 5.74) is 0. The van der Waals surface area contributed by atoms with Crippen LogP contribution in [0.15, 0.2) is 22.7 Å². The molecule has 0 unspecified atom stereocenters. The van der Waals surface area contributed by atoms with Gasteiger partial charge >= 0.3 is 5.97 Å². The summed E-state index contributed by atoms with van der Waals surface area (Å²) < 4.78 is 12.2. The molecule has 0 N–H and O–H groups in total. The number of methoxy groups -OCH3 is 1. The summed E-state index contributed by atoms with van der Waals surface area (Å²) in [4.78, 5) is 12.2. The molecule has 0 amide bonds. The minimum absolute atomic E-state index is 0.285. The van der Waals surface area contributed by atoms with E-state index in [0.29, 0.717) is 11.5 Å². The van der Waals surface area contributed by atoms with E-state index in [4.69, 9.17) is 9.47 Å². The number of thiophene rings is 1. The Morgan fingerprint density at radius 3 is 2.82 bits per heavy atom. The van der Waals surface area contributed by atoms with Crippen molar-refractivity contribution in [2.24, 2.45) is 0 Å². The zero-order valence-electron chi connectivity index (χ0n) is 9.45. The molecule has 3 nitrogen and oxygen atoms in total. The molecule has 17 heavy (non-hydrogen) atoms. The summed E-state index contributed by atoms with van der Waals surface area (Å²) in [5.74, 6) is 0.474. The highest BCUT2D eigenvalue weighted by Crippen LogP contribution is 2.36. The molecule has 0 radical (unpaired) electrons. The lowest BCUT2D eigenvalue weighted by Gasteiger charge is -2.01. The van der Waals surface area contributed by atoms with E-state index in [9.17, 15) is 4.79 Å². The molecule has 1 aromatic carbocycles. The van der Waals surface area contributed by atoms with Gasteiger partial charge in [0.05, 0.1) is 18.4 Å². The highest BCUT2D eigenvalue weighted by Gasteiger charge is 2.14. The number of halogens is 1. The van der Waals surface area contributed by atoms with Crippen molar-refractivity contribution < 1.29 is 14.3 Å².